The first-order valence-electron chi connectivity index (χ1n) is 7.33. The summed E-state index contributed by atoms with van der Waals surface area (Å²) in [6, 6.07) is 13.4. The molecule has 0 bridgehead atoms. The molecule has 1 saturated heterocycles. The normalized spacial score (nSPS) is 16.9. The van der Waals surface area contributed by atoms with E-state index in [1.165, 1.54) is 0 Å². The third-order valence-corrected chi connectivity index (χ3v) is 3.75. The number of rotatable bonds is 2. The number of hydrogen-bond donors (Lipinski definition) is 1. The summed E-state index contributed by atoms with van der Waals surface area (Å²) < 4.78 is 0. The summed E-state index contributed by atoms with van der Waals surface area (Å²) in [7, 11) is 0. The zero-order valence-electron chi connectivity index (χ0n) is 12.2. The Morgan fingerprint density at radius 2 is 1.91 bits per heavy atom. The zero-order chi connectivity index (χ0) is 15.4. The van der Waals surface area contributed by atoms with Crippen molar-refractivity contribution in [2.75, 3.05) is 11.4 Å². The van der Waals surface area contributed by atoms with Gasteiger partial charge in [0.25, 0.3) is 0 Å². The SMILES string of the molecule is NC(=O)[C@H]1CCCN1c1ccc(C#Cc2ccccc2)cn1. The van der Waals surface area contributed by atoms with Crippen molar-refractivity contribution in [2.24, 2.45) is 5.73 Å². The second kappa shape index (κ2) is 6.31. The van der Waals surface area contributed by atoms with Gasteiger partial charge in [-0.2, -0.15) is 0 Å². The second-order valence-electron chi connectivity index (χ2n) is 5.27. The van der Waals surface area contributed by atoms with E-state index in [-0.39, 0.29) is 11.9 Å². The molecule has 2 N–H and O–H groups in total. The molecular weight excluding hydrogens is 274 g/mol. The van der Waals surface area contributed by atoms with E-state index in [2.05, 4.69) is 16.8 Å². The maximum absolute atomic E-state index is 11.4. The van der Waals surface area contributed by atoms with Crippen LogP contribution in [0.25, 0.3) is 0 Å². The Hall–Kier alpha value is -2.80. The number of pyridine rings is 1. The van der Waals surface area contributed by atoms with Crippen LogP contribution in [0.15, 0.2) is 48.7 Å². The van der Waals surface area contributed by atoms with Crippen molar-refractivity contribution < 1.29 is 4.79 Å². The number of primary amides is 1. The largest absolute Gasteiger partial charge is 0.368 e. The van der Waals surface area contributed by atoms with Crippen LogP contribution in [0.1, 0.15) is 24.0 Å². The van der Waals surface area contributed by atoms with E-state index in [0.29, 0.717) is 0 Å². The fourth-order valence-electron chi connectivity index (χ4n) is 2.63. The van der Waals surface area contributed by atoms with Crippen LogP contribution in [0.3, 0.4) is 0 Å². The molecule has 1 aliphatic rings. The van der Waals surface area contributed by atoms with E-state index in [9.17, 15) is 4.79 Å². The zero-order valence-corrected chi connectivity index (χ0v) is 12.2. The molecule has 1 aliphatic heterocycles. The maximum atomic E-state index is 11.4. The number of hydrogen-bond acceptors (Lipinski definition) is 3. The van der Waals surface area contributed by atoms with Gasteiger partial charge in [0.1, 0.15) is 11.9 Å². The molecule has 2 aromatic rings. The smallest absolute Gasteiger partial charge is 0.240 e. The maximum Gasteiger partial charge on any atom is 0.240 e. The predicted octanol–water partition coefficient (Wildman–Crippen LogP) is 1.94. The standard InChI is InChI=1S/C18H17N3O/c19-18(22)16-7-4-12-21(16)17-11-10-15(13-20-17)9-8-14-5-2-1-3-6-14/h1-3,5-6,10-11,13,16H,4,7,12H2,(H2,19,22)/t16-/m1/s1. The molecule has 4 heteroatoms. The lowest BCUT2D eigenvalue weighted by molar-refractivity contribution is -0.119. The third-order valence-electron chi connectivity index (χ3n) is 3.75. The van der Waals surface area contributed by atoms with E-state index in [1.54, 1.807) is 6.20 Å². The van der Waals surface area contributed by atoms with Gasteiger partial charge in [-0.25, -0.2) is 4.98 Å². The lowest BCUT2D eigenvalue weighted by atomic mass is 10.2. The van der Waals surface area contributed by atoms with Crippen LogP contribution in [0.4, 0.5) is 5.82 Å². The van der Waals surface area contributed by atoms with Gasteiger partial charge in [0, 0.05) is 23.9 Å². The number of anilines is 1. The number of nitrogens with zero attached hydrogens (tertiary/aromatic N) is 2. The highest BCUT2D eigenvalue weighted by molar-refractivity contribution is 5.83. The van der Waals surface area contributed by atoms with E-state index in [1.807, 2.05) is 47.4 Å². The molecule has 0 radical (unpaired) electrons. The lowest BCUT2D eigenvalue weighted by Gasteiger charge is -2.22. The summed E-state index contributed by atoms with van der Waals surface area (Å²) in [5.74, 6) is 6.69. The van der Waals surface area contributed by atoms with Gasteiger partial charge in [0.05, 0.1) is 0 Å². The average molecular weight is 291 g/mol. The Bertz CT molecular complexity index is 713. The fourth-order valence-corrected chi connectivity index (χ4v) is 2.63. The van der Waals surface area contributed by atoms with Gasteiger partial charge in [0.2, 0.25) is 5.91 Å². The highest BCUT2D eigenvalue weighted by Gasteiger charge is 2.29. The molecule has 1 atom stereocenters. The molecule has 110 valence electrons. The monoisotopic (exact) mass is 291 g/mol. The topological polar surface area (TPSA) is 59.2 Å². The number of carbonyl (C=O) groups excluding carboxylic acids is 1. The Morgan fingerprint density at radius 3 is 2.59 bits per heavy atom. The van der Waals surface area contributed by atoms with Gasteiger partial charge < -0.3 is 10.6 Å². The summed E-state index contributed by atoms with van der Waals surface area (Å²) in [5, 5.41) is 0. The highest BCUT2D eigenvalue weighted by Crippen LogP contribution is 2.23. The lowest BCUT2D eigenvalue weighted by Crippen LogP contribution is -2.40. The van der Waals surface area contributed by atoms with Crippen LogP contribution in [-0.4, -0.2) is 23.5 Å². The van der Waals surface area contributed by atoms with Crippen molar-refractivity contribution in [3.63, 3.8) is 0 Å². The van der Waals surface area contributed by atoms with Crippen LogP contribution in [0.2, 0.25) is 0 Å². The Labute approximate surface area is 130 Å². The van der Waals surface area contributed by atoms with Crippen LogP contribution in [0.5, 0.6) is 0 Å². The molecule has 22 heavy (non-hydrogen) atoms. The van der Waals surface area contributed by atoms with Gasteiger partial charge in [-0.1, -0.05) is 30.0 Å². The highest BCUT2D eigenvalue weighted by atomic mass is 16.1. The van der Waals surface area contributed by atoms with Crippen molar-refractivity contribution in [1.29, 1.82) is 0 Å². The van der Waals surface area contributed by atoms with E-state index in [0.717, 1.165) is 36.3 Å². The molecule has 0 saturated carbocycles. The van der Waals surface area contributed by atoms with Gasteiger partial charge in [-0.05, 0) is 37.1 Å². The Kier molecular flexibility index (Phi) is 4.06. The summed E-state index contributed by atoms with van der Waals surface area (Å²) in [4.78, 5) is 17.8. The van der Waals surface area contributed by atoms with Gasteiger partial charge in [-0.15, -0.1) is 0 Å². The molecule has 0 spiro atoms. The van der Waals surface area contributed by atoms with Crippen molar-refractivity contribution in [2.45, 2.75) is 18.9 Å². The molecular formula is C18H17N3O. The first-order valence-corrected chi connectivity index (χ1v) is 7.33. The van der Waals surface area contributed by atoms with Gasteiger partial charge in [-0.3, -0.25) is 4.79 Å². The predicted molar refractivity (Wildman–Crippen MR) is 86.2 cm³/mol. The van der Waals surface area contributed by atoms with Crippen molar-refractivity contribution >= 4 is 11.7 Å². The fraction of sp³-hybridized carbons (Fsp3) is 0.222. The van der Waals surface area contributed by atoms with Crippen molar-refractivity contribution in [1.82, 2.24) is 4.98 Å². The van der Waals surface area contributed by atoms with Gasteiger partial charge >= 0.3 is 0 Å². The molecule has 3 rings (SSSR count). The molecule has 0 unspecified atom stereocenters. The Morgan fingerprint density at radius 1 is 1.14 bits per heavy atom. The number of aromatic nitrogens is 1. The van der Waals surface area contributed by atoms with Crippen molar-refractivity contribution in [3.8, 4) is 11.8 Å². The molecule has 2 heterocycles. The van der Waals surface area contributed by atoms with Crippen molar-refractivity contribution in [3.05, 3.63) is 59.8 Å². The molecule has 1 fully saturated rings. The molecule has 1 amide bonds. The minimum absolute atomic E-state index is 0.242. The van der Waals surface area contributed by atoms with E-state index >= 15 is 0 Å². The summed E-state index contributed by atoms with van der Waals surface area (Å²) in [6.07, 6.45) is 3.50. The van der Waals surface area contributed by atoms with E-state index in [4.69, 9.17) is 5.73 Å². The number of benzene rings is 1. The number of carbonyl (C=O) groups is 1. The molecule has 1 aromatic carbocycles. The minimum atomic E-state index is -0.285. The van der Waals surface area contributed by atoms with Crippen LogP contribution in [0, 0.1) is 11.8 Å². The Balaban J connectivity index is 1.76. The summed E-state index contributed by atoms with van der Waals surface area (Å²) in [6.45, 7) is 0.815. The third kappa shape index (κ3) is 3.09. The average Bonchev–Trinajstić information content (AvgIpc) is 3.04. The first-order chi connectivity index (χ1) is 10.7. The van der Waals surface area contributed by atoms with Gasteiger partial charge in [0.15, 0.2) is 0 Å². The minimum Gasteiger partial charge on any atom is -0.368 e. The van der Waals surface area contributed by atoms with Crippen LogP contribution >= 0.6 is 0 Å². The second-order valence-corrected chi connectivity index (χ2v) is 5.27. The quantitative estimate of drug-likeness (QED) is 0.860. The molecule has 0 aliphatic carbocycles. The molecule has 1 aromatic heterocycles. The number of nitrogens with two attached hydrogens (primary N) is 1. The summed E-state index contributed by atoms with van der Waals surface area (Å²) in [5.41, 5.74) is 7.26. The number of amides is 1. The van der Waals surface area contributed by atoms with E-state index < -0.39 is 0 Å². The van der Waals surface area contributed by atoms with Crippen LogP contribution in [-0.2, 0) is 4.79 Å². The van der Waals surface area contributed by atoms with Crippen LogP contribution < -0.4 is 10.6 Å². The summed E-state index contributed by atoms with van der Waals surface area (Å²) >= 11 is 0. The molecule has 4 nitrogen and oxygen atoms in total. The first kappa shape index (κ1) is 14.2.